The largest absolute Gasteiger partial charge is 0.504 e. The maximum Gasteiger partial charge on any atom is 0.172 e. The lowest BCUT2D eigenvalue weighted by molar-refractivity contribution is 0.112. The maximum atomic E-state index is 10.4. The fourth-order valence-corrected chi connectivity index (χ4v) is 1.39. The van der Waals surface area contributed by atoms with Gasteiger partial charge in [-0.15, -0.1) is 0 Å². The Morgan fingerprint density at radius 1 is 1.58 bits per heavy atom. The van der Waals surface area contributed by atoms with Crippen LogP contribution in [0.1, 0.15) is 10.4 Å². The van der Waals surface area contributed by atoms with Gasteiger partial charge < -0.3 is 9.84 Å². The van der Waals surface area contributed by atoms with Gasteiger partial charge in [0, 0.05) is 5.56 Å². The monoisotopic (exact) mass is 278 g/mol. The van der Waals surface area contributed by atoms with E-state index in [1.807, 2.05) is 22.6 Å². The standard InChI is InChI=1S/C8H7IO3/c1-12-6-3-2-5(4-10)7(9)8(6)11/h2-4,11H,1H3. The van der Waals surface area contributed by atoms with Crippen LogP contribution in [0.25, 0.3) is 0 Å². The normalized spacial score (nSPS) is 9.50. The fourth-order valence-electron chi connectivity index (χ4n) is 0.818. The van der Waals surface area contributed by atoms with Gasteiger partial charge in [0.25, 0.3) is 0 Å². The molecule has 0 saturated heterocycles. The zero-order valence-electron chi connectivity index (χ0n) is 6.37. The van der Waals surface area contributed by atoms with Crippen LogP contribution in [0, 0.1) is 3.57 Å². The molecule has 0 fully saturated rings. The van der Waals surface area contributed by atoms with Crippen molar-refractivity contribution in [2.24, 2.45) is 0 Å². The predicted octanol–water partition coefficient (Wildman–Crippen LogP) is 1.82. The number of rotatable bonds is 2. The molecule has 0 aliphatic rings. The molecule has 0 aliphatic heterocycles. The first kappa shape index (κ1) is 9.31. The molecule has 0 amide bonds. The van der Waals surface area contributed by atoms with Crippen LogP contribution >= 0.6 is 22.6 Å². The Labute approximate surface area is 83.5 Å². The van der Waals surface area contributed by atoms with E-state index in [0.29, 0.717) is 21.2 Å². The van der Waals surface area contributed by atoms with E-state index >= 15 is 0 Å². The van der Waals surface area contributed by atoms with Crippen molar-refractivity contribution in [1.82, 2.24) is 0 Å². The Morgan fingerprint density at radius 2 is 2.25 bits per heavy atom. The third kappa shape index (κ3) is 1.52. The van der Waals surface area contributed by atoms with E-state index < -0.39 is 0 Å². The van der Waals surface area contributed by atoms with Crippen LogP contribution in [0.15, 0.2) is 12.1 Å². The van der Waals surface area contributed by atoms with Crippen molar-refractivity contribution in [2.75, 3.05) is 7.11 Å². The van der Waals surface area contributed by atoms with Gasteiger partial charge in [-0.3, -0.25) is 4.79 Å². The summed E-state index contributed by atoms with van der Waals surface area (Å²) in [5.41, 5.74) is 0.467. The molecule has 0 bridgehead atoms. The van der Waals surface area contributed by atoms with Crippen LogP contribution in [-0.4, -0.2) is 18.5 Å². The molecule has 0 radical (unpaired) electrons. The van der Waals surface area contributed by atoms with E-state index in [-0.39, 0.29) is 5.75 Å². The van der Waals surface area contributed by atoms with Gasteiger partial charge >= 0.3 is 0 Å². The van der Waals surface area contributed by atoms with Crippen molar-refractivity contribution in [3.05, 3.63) is 21.3 Å². The summed E-state index contributed by atoms with van der Waals surface area (Å²) in [5, 5.41) is 9.42. The van der Waals surface area contributed by atoms with Gasteiger partial charge in [-0.05, 0) is 34.7 Å². The van der Waals surface area contributed by atoms with Gasteiger partial charge in [0.2, 0.25) is 0 Å². The second kappa shape index (κ2) is 3.75. The first-order chi connectivity index (χ1) is 5.70. The minimum atomic E-state index is 0.0164. The quantitative estimate of drug-likeness (QED) is 0.663. The molecule has 1 rings (SSSR count). The van der Waals surface area contributed by atoms with Crippen LogP contribution in [-0.2, 0) is 0 Å². The molecule has 64 valence electrons. The van der Waals surface area contributed by atoms with E-state index in [0.717, 1.165) is 0 Å². The number of halogens is 1. The molecule has 4 heteroatoms. The highest BCUT2D eigenvalue weighted by molar-refractivity contribution is 14.1. The van der Waals surface area contributed by atoms with Gasteiger partial charge in [-0.2, -0.15) is 0 Å². The highest BCUT2D eigenvalue weighted by Crippen LogP contribution is 2.32. The van der Waals surface area contributed by atoms with Crippen molar-refractivity contribution in [3.8, 4) is 11.5 Å². The second-order valence-electron chi connectivity index (χ2n) is 2.14. The lowest BCUT2D eigenvalue weighted by Crippen LogP contribution is -1.90. The summed E-state index contributed by atoms with van der Waals surface area (Å²) in [5.74, 6) is 0.396. The molecule has 0 aliphatic carbocycles. The lowest BCUT2D eigenvalue weighted by Gasteiger charge is -2.05. The minimum absolute atomic E-state index is 0.0164. The number of carbonyl (C=O) groups excluding carboxylic acids is 1. The van der Waals surface area contributed by atoms with Gasteiger partial charge in [-0.25, -0.2) is 0 Å². The number of hydrogen-bond donors (Lipinski definition) is 1. The maximum absolute atomic E-state index is 10.4. The van der Waals surface area contributed by atoms with Gasteiger partial charge in [-0.1, -0.05) is 0 Å². The molecule has 0 atom stereocenters. The first-order valence-corrected chi connectivity index (χ1v) is 4.29. The molecule has 1 N–H and O–H groups in total. The highest BCUT2D eigenvalue weighted by atomic mass is 127. The van der Waals surface area contributed by atoms with Crippen LogP contribution in [0.4, 0.5) is 0 Å². The third-order valence-corrected chi connectivity index (χ3v) is 2.59. The number of aldehydes is 1. The van der Waals surface area contributed by atoms with Crippen molar-refractivity contribution < 1.29 is 14.6 Å². The fraction of sp³-hybridized carbons (Fsp3) is 0.125. The van der Waals surface area contributed by atoms with Crippen LogP contribution in [0.3, 0.4) is 0 Å². The number of carbonyl (C=O) groups is 1. The Kier molecular flexibility index (Phi) is 2.91. The summed E-state index contributed by atoms with van der Waals surface area (Å²) in [6, 6.07) is 3.16. The summed E-state index contributed by atoms with van der Waals surface area (Å²) in [6.45, 7) is 0. The van der Waals surface area contributed by atoms with E-state index in [1.165, 1.54) is 7.11 Å². The van der Waals surface area contributed by atoms with E-state index in [4.69, 9.17) is 4.74 Å². The minimum Gasteiger partial charge on any atom is -0.504 e. The molecule has 3 nitrogen and oxygen atoms in total. The van der Waals surface area contributed by atoms with Crippen molar-refractivity contribution >= 4 is 28.9 Å². The van der Waals surface area contributed by atoms with Crippen molar-refractivity contribution in [3.63, 3.8) is 0 Å². The second-order valence-corrected chi connectivity index (χ2v) is 3.22. The van der Waals surface area contributed by atoms with E-state index in [9.17, 15) is 9.90 Å². The molecule has 0 saturated carbocycles. The first-order valence-electron chi connectivity index (χ1n) is 3.21. The topological polar surface area (TPSA) is 46.5 Å². The molecule has 0 spiro atoms. The molecule has 0 aromatic heterocycles. The number of ether oxygens (including phenoxy) is 1. The lowest BCUT2D eigenvalue weighted by atomic mass is 10.2. The number of phenols is 1. The summed E-state index contributed by atoms with van der Waals surface area (Å²) in [4.78, 5) is 10.4. The summed E-state index contributed by atoms with van der Waals surface area (Å²) >= 11 is 1.89. The Morgan fingerprint density at radius 3 is 2.75 bits per heavy atom. The van der Waals surface area contributed by atoms with E-state index in [2.05, 4.69) is 0 Å². The molecule has 1 aromatic rings. The SMILES string of the molecule is COc1ccc(C=O)c(I)c1O. The molecule has 0 unspecified atom stereocenters. The Hall–Kier alpha value is -0.780. The molecule has 1 aromatic carbocycles. The average Bonchev–Trinajstić information content (AvgIpc) is 2.10. The zero-order valence-corrected chi connectivity index (χ0v) is 8.53. The number of benzene rings is 1. The molecule has 12 heavy (non-hydrogen) atoms. The predicted molar refractivity (Wildman–Crippen MR) is 52.8 cm³/mol. The van der Waals surface area contributed by atoms with Crippen molar-refractivity contribution in [2.45, 2.75) is 0 Å². The summed E-state index contributed by atoms with van der Waals surface area (Å²) < 4.78 is 5.37. The number of hydrogen-bond acceptors (Lipinski definition) is 3. The van der Waals surface area contributed by atoms with E-state index in [1.54, 1.807) is 12.1 Å². The van der Waals surface area contributed by atoms with Gasteiger partial charge in [0.05, 0.1) is 10.7 Å². The number of phenolic OH excluding ortho intramolecular Hbond substituents is 1. The smallest absolute Gasteiger partial charge is 0.172 e. The van der Waals surface area contributed by atoms with Gasteiger partial charge in [0.15, 0.2) is 17.8 Å². The van der Waals surface area contributed by atoms with Gasteiger partial charge in [0.1, 0.15) is 0 Å². The zero-order chi connectivity index (χ0) is 9.14. The van der Waals surface area contributed by atoms with Crippen LogP contribution in [0.5, 0.6) is 11.5 Å². The molecular formula is C8H7IO3. The van der Waals surface area contributed by atoms with Crippen LogP contribution < -0.4 is 4.74 Å². The third-order valence-electron chi connectivity index (χ3n) is 1.46. The Balaban J connectivity index is 3.29. The summed E-state index contributed by atoms with van der Waals surface area (Å²) in [7, 11) is 1.46. The average molecular weight is 278 g/mol. The van der Waals surface area contributed by atoms with Crippen LogP contribution in [0.2, 0.25) is 0 Å². The molecule has 0 heterocycles. The number of methoxy groups -OCH3 is 1. The Bertz CT molecular complexity index is 309. The number of aromatic hydroxyl groups is 1. The highest BCUT2D eigenvalue weighted by Gasteiger charge is 2.09. The molecular weight excluding hydrogens is 271 g/mol. The van der Waals surface area contributed by atoms with Crippen molar-refractivity contribution in [1.29, 1.82) is 0 Å². The summed E-state index contributed by atoms with van der Waals surface area (Å²) in [6.07, 6.45) is 0.695.